The first-order valence-corrected chi connectivity index (χ1v) is 10.8. The Morgan fingerprint density at radius 2 is 1.93 bits per heavy atom. The number of pyridine rings is 2. The fourth-order valence-electron chi connectivity index (χ4n) is 4.72. The Hall–Kier alpha value is -3.19. The van der Waals surface area contributed by atoms with E-state index in [1.807, 2.05) is 12.4 Å². The number of piperidine rings is 1. The molecule has 0 radical (unpaired) electrons. The molecular weight excluding hydrogens is 374 g/mol. The number of nitrogens with zero attached hydrogens (tertiary/aromatic N) is 4. The zero-order valence-electron chi connectivity index (χ0n) is 16.9. The predicted molar refractivity (Wildman–Crippen MR) is 121 cm³/mol. The molecule has 30 heavy (non-hydrogen) atoms. The molecule has 0 bridgehead atoms. The number of hydrogen-bond donors (Lipinski definition) is 3. The van der Waals surface area contributed by atoms with Crippen LogP contribution in [-0.4, -0.2) is 51.3 Å². The van der Waals surface area contributed by atoms with Gasteiger partial charge in [0.05, 0.1) is 11.4 Å². The van der Waals surface area contributed by atoms with Gasteiger partial charge in [0.25, 0.3) is 0 Å². The maximum Gasteiger partial charge on any atom is 0.181 e. The largest absolute Gasteiger partial charge is 0.371 e. The van der Waals surface area contributed by atoms with Crippen LogP contribution in [-0.2, 0) is 0 Å². The SMILES string of the molecule is C1=C(c2cnc3n[nH]c(-c4cc5c(N6CCCCC6)ccnc5[nH]4)c3c2)CCNC1. The summed E-state index contributed by atoms with van der Waals surface area (Å²) in [5.41, 5.74) is 7.42. The normalized spacial score (nSPS) is 17.6. The van der Waals surface area contributed by atoms with E-state index in [0.717, 1.165) is 60.7 Å². The van der Waals surface area contributed by atoms with Crippen LogP contribution in [0.3, 0.4) is 0 Å². The van der Waals surface area contributed by atoms with Gasteiger partial charge < -0.3 is 15.2 Å². The minimum Gasteiger partial charge on any atom is -0.371 e. The number of aromatic amines is 2. The first-order valence-electron chi connectivity index (χ1n) is 10.8. The molecular formula is C23H25N7. The Kier molecular flexibility index (Phi) is 4.27. The highest BCUT2D eigenvalue weighted by Gasteiger charge is 2.18. The molecule has 3 N–H and O–H groups in total. The first-order chi connectivity index (χ1) is 14.9. The maximum atomic E-state index is 4.61. The van der Waals surface area contributed by atoms with Gasteiger partial charge in [0.15, 0.2) is 5.65 Å². The monoisotopic (exact) mass is 399 g/mol. The Morgan fingerprint density at radius 3 is 2.80 bits per heavy atom. The lowest BCUT2D eigenvalue weighted by atomic mass is 10.0. The topological polar surface area (TPSA) is 85.5 Å². The summed E-state index contributed by atoms with van der Waals surface area (Å²) < 4.78 is 0. The fraction of sp³-hybridized carbons (Fsp3) is 0.348. The van der Waals surface area contributed by atoms with E-state index in [9.17, 15) is 0 Å². The minimum absolute atomic E-state index is 0.742. The van der Waals surface area contributed by atoms with Crippen molar-refractivity contribution < 1.29 is 0 Å². The third-order valence-corrected chi connectivity index (χ3v) is 6.32. The first kappa shape index (κ1) is 17.7. The highest BCUT2D eigenvalue weighted by atomic mass is 15.2. The Morgan fingerprint density at radius 1 is 1.00 bits per heavy atom. The van der Waals surface area contributed by atoms with Gasteiger partial charge in [-0.25, -0.2) is 9.97 Å². The lowest BCUT2D eigenvalue weighted by molar-refractivity contribution is 0.579. The van der Waals surface area contributed by atoms with Crippen LogP contribution < -0.4 is 10.2 Å². The van der Waals surface area contributed by atoms with Gasteiger partial charge in [-0.05, 0) is 61.6 Å². The predicted octanol–water partition coefficient (Wildman–Crippen LogP) is 3.87. The average Bonchev–Trinajstić information content (AvgIpc) is 3.43. The Bertz CT molecular complexity index is 1240. The molecule has 0 amide bonds. The highest BCUT2D eigenvalue weighted by molar-refractivity contribution is 5.98. The highest BCUT2D eigenvalue weighted by Crippen LogP contribution is 2.34. The molecule has 4 aromatic heterocycles. The summed E-state index contributed by atoms with van der Waals surface area (Å²) in [5.74, 6) is 0. The van der Waals surface area contributed by atoms with Crippen molar-refractivity contribution in [3.05, 3.63) is 42.2 Å². The summed E-state index contributed by atoms with van der Waals surface area (Å²) in [6, 6.07) is 6.55. The lowest BCUT2D eigenvalue weighted by Crippen LogP contribution is -2.29. The molecule has 1 saturated heterocycles. The van der Waals surface area contributed by atoms with E-state index in [-0.39, 0.29) is 0 Å². The standard InChI is InChI=1S/C23H25N7/c1-2-10-30(11-3-1)20-6-9-25-22-17(20)13-19(27-22)21-18-12-16(14-26-23(18)29-28-21)15-4-7-24-8-5-15/h4,6,9,12-14,24H,1-3,5,7-8,10-11H2,(H,25,27)(H,26,28,29). The zero-order chi connectivity index (χ0) is 19.9. The average molecular weight is 400 g/mol. The quantitative estimate of drug-likeness (QED) is 0.487. The number of H-pyrrole nitrogens is 2. The van der Waals surface area contributed by atoms with Crippen LogP contribution in [0.1, 0.15) is 31.2 Å². The van der Waals surface area contributed by atoms with Gasteiger partial charge in [0, 0.05) is 48.5 Å². The van der Waals surface area contributed by atoms with Crippen molar-refractivity contribution in [3.63, 3.8) is 0 Å². The number of hydrogen-bond acceptors (Lipinski definition) is 5. The second-order valence-corrected chi connectivity index (χ2v) is 8.20. The van der Waals surface area contributed by atoms with E-state index in [1.165, 1.54) is 41.5 Å². The molecule has 0 saturated carbocycles. The molecule has 0 aliphatic carbocycles. The summed E-state index contributed by atoms with van der Waals surface area (Å²) >= 11 is 0. The van der Waals surface area contributed by atoms with Crippen molar-refractivity contribution in [3.8, 4) is 11.4 Å². The summed E-state index contributed by atoms with van der Waals surface area (Å²) in [7, 11) is 0. The molecule has 152 valence electrons. The van der Waals surface area contributed by atoms with Crippen molar-refractivity contribution in [2.45, 2.75) is 25.7 Å². The van der Waals surface area contributed by atoms with Crippen molar-refractivity contribution >= 4 is 33.3 Å². The molecule has 1 fully saturated rings. The molecule has 2 aliphatic rings. The van der Waals surface area contributed by atoms with Gasteiger partial charge in [0.1, 0.15) is 5.65 Å². The second-order valence-electron chi connectivity index (χ2n) is 8.20. The third-order valence-electron chi connectivity index (χ3n) is 6.32. The van der Waals surface area contributed by atoms with Gasteiger partial charge in [-0.2, -0.15) is 5.10 Å². The minimum atomic E-state index is 0.742. The number of nitrogens with one attached hydrogen (secondary N) is 3. The molecule has 0 unspecified atom stereocenters. The molecule has 7 nitrogen and oxygen atoms in total. The van der Waals surface area contributed by atoms with Gasteiger partial charge >= 0.3 is 0 Å². The van der Waals surface area contributed by atoms with Gasteiger partial charge in [-0.15, -0.1) is 0 Å². The van der Waals surface area contributed by atoms with Crippen LogP contribution in [0.4, 0.5) is 5.69 Å². The molecule has 7 heteroatoms. The summed E-state index contributed by atoms with van der Waals surface area (Å²) in [5, 5.41) is 13.2. The van der Waals surface area contributed by atoms with Gasteiger partial charge in [-0.1, -0.05) is 6.08 Å². The van der Waals surface area contributed by atoms with Crippen LogP contribution in [0.25, 0.3) is 39.0 Å². The molecule has 4 aromatic rings. The molecule has 0 atom stereocenters. The number of anilines is 1. The van der Waals surface area contributed by atoms with E-state index in [2.05, 4.69) is 59.6 Å². The van der Waals surface area contributed by atoms with E-state index < -0.39 is 0 Å². The van der Waals surface area contributed by atoms with Crippen LogP contribution >= 0.6 is 0 Å². The van der Waals surface area contributed by atoms with Crippen LogP contribution in [0.5, 0.6) is 0 Å². The van der Waals surface area contributed by atoms with Gasteiger partial charge in [0.2, 0.25) is 0 Å². The lowest BCUT2D eigenvalue weighted by Gasteiger charge is -2.29. The van der Waals surface area contributed by atoms with E-state index in [4.69, 9.17) is 0 Å². The molecule has 6 rings (SSSR count). The Labute approximate surface area is 174 Å². The van der Waals surface area contributed by atoms with Crippen molar-refractivity contribution in [2.24, 2.45) is 0 Å². The third kappa shape index (κ3) is 2.97. The molecule has 0 aromatic carbocycles. The van der Waals surface area contributed by atoms with Gasteiger partial charge in [-0.3, -0.25) is 5.10 Å². The van der Waals surface area contributed by atoms with Crippen LogP contribution in [0.2, 0.25) is 0 Å². The van der Waals surface area contributed by atoms with Crippen LogP contribution in [0.15, 0.2) is 36.7 Å². The molecule has 0 spiro atoms. The fourth-order valence-corrected chi connectivity index (χ4v) is 4.72. The summed E-state index contributed by atoms with van der Waals surface area (Å²) in [4.78, 5) is 15.2. The van der Waals surface area contributed by atoms with E-state index in [1.54, 1.807) is 0 Å². The van der Waals surface area contributed by atoms with Crippen molar-refractivity contribution in [2.75, 3.05) is 31.1 Å². The summed E-state index contributed by atoms with van der Waals surface area (Å²) in [6.07, 6.45) is 11.0. The van der Waals surface area contributed by atoms with E-state index in [0.29, 0.717) is 0 Å². The maximum absolute atomic E-state index is 4.61. The number of aromatic nitrogens is 5. The Balaban J connectivity index is 1.44. The second kappa shape index (κ2) is 7.25. The van der Waals surface area contributed by atoms with Crippen molar-refractivity contribution in [1.82, 2.24) is 30.5 Å². The van der Waals surface area contributed by atoms with E-state index >= 15 is 0 Å². The molecule has 2 aliphatic heterocycles. The number of rotatable bonds is 3. The molecule has 6 heterocycles. The smallest absolute Gasteiger partial charge is 0.181 e. The zero-order valence-corrected chi connectivity index (χ0v) is 16.9. The number of fused-ring (bicyclic) bond motifs is 2. The van der Waals surface area contributed by atoms with Crippen LogP contribution in [0, 0.1) is 0 Å². The van der Waals surface area contributed by atoms with Crippen molar-refractivity contribution in [1.29, 1.82) is 0 Å². The summed E-state index contributed by atoms with van der Waals surface area (Å²) in [6.45, 7) is 4.15.